The molecule has 1 atom stereocenters. The molecule has 0 bridgehead atoms. The normalized spacial score (nSPS) is 16.8. The van der Waals surface area contributed by atoms with Gasteiger partial charge in [0.1, 0.15) is 16.5 Å². The van der Waals surface area contributed by atoms with Gasteiger partial charge in [0.15, 0.2) is 5.82 Å². The van der Waals surface area contributed by atoms with Crippen molar-refractivity contribution >= 4 is 35.4 Å². The SMILES string of the molecule is Cc1cc(NC(=O)C(SCCN2C(=O)NC(C)(C)C2=O)c2ccccc2)no1. The maximum absolute atomic E-state index is 12.8. The number of carbonyl (C=O) groups excluding carboxylic acids is 3. The number of aryl methyl sites for hydroxylation is 1. The van der Waals surface area contributed by atoms with Crippen LogP contribution in [0.3, 0.4) is 0 Å². The van der Waals surface area contributed by atoms with Crippen molar-refractivity contribution in [2.75, 3.05) is 17.6 Å². The smallest absolute Gasteiger partial charge is 0.325 e. The lowest BCUT2D eigenvalue weighted by Gasteiger charge is -2.19. The molecule has 2 aromatic rings. The molecule has 0 spiro atoms. The minimum atomic E-state index is -0.900. The summed E-state index contributed by atoms with van der Waals surface area (Å²) in [5.41, 5.74) is -0.0780. The molecule has 1 saturated heterocycles. The first-order chi connectivity index (χ1) is 13.3. The van der Waals surface area contributed by atoms with Crippen LogP contribution in [0.4, 0.5) is 10.6 Å². The summed E-state index contributed by atoms with van der Waals surface area (Å²) >= 11 is 1.36. The first kappa shape index (κ1) is 19.9. The van der Waals surface area contributed by atoms with E-state index in [1.165, 1.54) is 16.7 Å². The zero-order valence-electron chi connectivity index (χ0n) is 15.9. The molecule has 0 aliphatic carbocycles. The number of nitrogens with zero attached hydrogens (tertiary/aromatic N) is 2. The summed E-state index contributed by atoms with van der Waals surface area (Å²) in [4.78, 5) is 38.3. The first-order valence-electron chi connectivity index (χ1n) is 8.83. The van der Waals surface area contributed by atoms with Crippen LogP contribution < -0.4 is 10.6 Å². The Morgan fingerprint density at radius 2 is 2.04 bits per heavy atom. The average molecular weight is 402 g/mol. The molecule has 1 aliphatic rings. The van der Waals surface area contributed by atoms with Crippen LogP contribution in [0.15, 0.2) is 40.9 Å². The molecule has 2 heterocycles. The van der Waals surface area contributed by atoms with Crippen LogP contribution in [-0.4, -0.2) is 45.7 Å². The van der Waals surface area contributed by atoms with Crippen molar-refractivity contribution in [1.29, 1.82) is 0 Å². The number of carbonyl (C=O) groups is 3. The number of imide groups is 1. The number of hydrogen-bond acceptors (Lipinski definition) is 6. The lowest BCUT2D eigenvalue weighted by atomic mass is 10.1. The van der Waals surface area contributed by atoms with Gasteiger partial charge in [-0.2, -0.15) is 0 Å². The van der Waals surface area contributed by atoms with Crippen molar-refractivity contribution in [3.8, 4) is 0 Å². The molecule has 1 aliphatic heterocycles. The van der Waals surface area contributed by atoms with Crippen molar-refractivity contribution < 1.29 is 18.9 Å². The Labute approximate surface area is 167 Å². The highest BCUT2D eigenvalue weighted by molar-refractivity contribution is 8.00. The topological polar surface area (TPSA) is 105 Å². The molecule has 1 fully saturated rings. The van der Waals surface area contributed by atoms with E-state index in [2.05, 4.69) is 15.8 Å². The maximum Gasteiger partial charge on any atom is 0.325 e. The summed E-state index contributed by atoms with van der Waals surface area (Å²) in [6.07, 6.45) is 0. The van der Waals surface area contributed by atoms with E-state index in [1.807, 2.05) is 30.3 Å². The third kappa shape index (κ3) is 4.36. The molecule has 3 rings (SSSR count). The van der Waals surface area contributed by atoms with E-state index < -0.39 is 16.8 Å². The minimum Gasteiger partial charge on any atom is -0.360 e. The van der Waals surface area contributed by atoms with Gasteiger partial charge in [0.05, 0.1) is 0 Å². The van der Waals surface area contributed by atoms with Gasteiger partial charge in [-0.1, -0.05) is 35.5 Å². The van der Waals surface area contributed by atoms with Gasteiger partial charge < -0.3 is 15.2 Å². The van der Waals surface area contributed by atoms with E-state index in [0.717, 1.165) is 5.56 Å². The van der Waals surface area contributed by atoms with E-state index >= 15 is 0 Å². The summed E-state index contributed by atoms with van der Waals surface area (Å²) < 4.78 is 4.98. The van der Waals surface area contributed by atoms with Crippen LogP contribution in [0.25, 0.3) is 0 Å². The van der Waals surface area contributed by atoms with E-state index in [1.54, 1.807) is 26.8 Å². The third-order valence-corrected chi connectivity index (χ3v) is 5.50. The van der Waals surface area contributed by atoms with Crippen molar-refractivity contribution in [2.45, 2.75) is 31.6 Å². The van der Waals surface area contributed by atoms with Crippen molar-refractivity contribution in [1.82, 2.24) is 15.4 Å². The predicted octanol–water partition coefficient (Wildman–Crippen LogP) is 2.73. The van der Waals surface area contributed by atoms with E-state index in [-0.39, 0.29) is 18.4 Å². The Morgan fingerprint density at radius 3 is 2.61 bits per heavy atom. The van der Waals surface area contributed by atoms with Gasteiger partial charge >= 0.3 is 6.03 Å². The van der Waals surface area contributed by atoms with Gasteiger partial charge in [-0.3, -0.25) is 14.5 Å². The number of aromatic nitrogens is 1. The summed E-state index contributed by atoms with van der Waals surface area (Å²) in [5, 5.41) is 8.66. The van der Waals surface area contributed by atoms with Gasteiger partial charge in [0.25, 0.3) is 5.91 Å². The lowest BCUT2D eigenvalue weighted by molar-refractivity contribution is -0.130. The maximum atomic E-state index is 12.8. The molecule has 148 valence electrons. The zero-order valence-corrected chi connectivity index (χ0v) is 16.7. The third-order valence-electron chi connectivity index (χ3n) is 4.26. The Morgan fingerprint density at radius 1 is 1.32 bits per heavy atom. The second-order valence-electron chi connectivity index (χ2n) is 6.99. The van der Waals surface area contributed by atoms with E-state index in [4.69, 9.17) is 4.52 Å². The Bertz CT molecular complexity index is 881. The van der Waals surface area contributed by atoms with Crippen LogP contribution in [0.5, 0.6) is 0 Å². The molecule has 1 aromatic carbocycles. The number of thioether (sulfide) groups is 1. The monoisotopic (exact) mass is 402 g/mol. The van der Waals surface area contributed by atoms with Crippen LogP contribution in [0, 0.1) is 6.92 Å². The average Bonchev–Trinajstić information content (AvgIpc) is 3.13. The molecule has 1 aromatic heterocycles. The summed E-state index contributed by atoms with van der Waals surface area (Å²) in [5.74, 6) is 0.847. The van der Waals surface area contributed by atoms with Gasteiger partial charge in [-0.15, -0.1) is 11.8 Å². The molecule has 4 amide bonds. The second-order valence-corrected chi connectivity index (χ2v) is 8.20. The highest BCUT2D eigenvalue weighted by atomic mass is 32.2. The van der Waals surface area contributed by atoms with Crippen LogP contribution in [0.2, 0.25) is 0 Å². The van der Waals surface area contributed by atoms with Crippen molar-refractivity contribution in [2.24, 2.45) is 0 Å². The van der Waals surface area contributed by atoms with Crippen LogP contribution >= 0.6 is 11.8 Å². The fourth-order valence-corrected chi connectivity index (χ4v) is 3.93. The van der Waals surface area contributed by atoms with Crippen LogP contribution in [-0.2, 0) is 9.59 Å². The minimum absolute atomic E-state index is 0.221. The lowest BCUT2D eigenvalue weighted by Crippen LogP contribution is -2.40. The quantitative estimate of drug-likeness (QED) is 0.690. The highest BCUT2D eigenvalue weighted by Crippen LogP contribution is 2.30. The van der Waals surface area contributed by atoms with E-state index in [9.17, 15) is 14.4 Å². The number of hydrogen-bond donors (Lipinski definition) is 2. The van der Waals surface area contributed by atoms with Gasteiger partial charge in [0, 0.05) is 18.4 Å². The molecule has 9 heteroatoms. The fraction of sp³-hybridized carbons (Fsp3) is 0.368. The predicted molar refractivity (Wildman–Crippen MR) is 106 cm³/mol. The molecule has 8 nitrogen and oxygen atoms in total. The standard InChI is InChI=1S/C19H22N4O4S/c1-12-11-14(22-27-12)20-16(24)15(13-7-5-4-6-8-13)28-10-9-23-17(25)19(2,3)21-18(23)26/h4-8,11,15H,9-10H2,1-3H3,(H,21,26)(H,20,22,24). The van der Waals surface area contributed by atoms with E-state index in [0.29, 0.717) is 17.3 Å². The van der Waals surface area contributed by atoms with Gasteiger partial charge in [-0.05, 0) is 26.3 Å². The summed E-state index contributed by atoms with van der Waals surface area (Å²) in [7, 11) is 0. The first-order valence-corrected chi connectivity index (χ1v) is 9.87. The van der Waals surface area contributed by atoms with Gasteiger partial charge in [0.2, 0.25) is 5.91 Å². The Balaban J connectivity index is 1.67. The number of urea groups is 1. The second kappa shape index (κ2) is 8.05. The number of anilines is 1. The van der Waals surface area contributed by atoms with Crippen molar-refractivity contribution in [3.63, 3.8) is 0 Å². The van der Waals surface area contributed by atoms with Crippen molar-refractivity contribution in [3.05, 3.63) is 47.7 Å². The zero-order chi connectivity index (χ0) is 20.3. The fourth-order valence-electron chi connectivity index (χ4n) is 2.85. The molecular formula is C19H22N4O4S. The molecule has 0 saturated carbocycles. The number of amides is 4. The number of benzene rings is 1. The largest absolute Gasteiger partial charge is 0.360 e. The Kier molecular flexibility index (Phi) is 5.73. The Hall–Kier alpha value is -2.81. The number of nitrogens with one attached hydrogen (secondary N) is 2. The highest BCUT2D eigenvalue weighted by Gasteiger charge is 2.43. The van der Waals surface area contributed by atoms with Gasteiger partial charge in [-0.25, -0.2) is 4.79 Å². The van der Waals surface area contributed by atoms with Crippen LogP contribution in [0.1, 0.15) is 30.4 Å². The molecule has 28 heavy (non-hydrogen) atoms. The number of rotatable bonds is 7. The summed E-state index contributed by atoms with van der Waals surface area (Å²) in [6, 6.07) is 10.5. The molecule has 0 radical (unpaired) electrons. The summed E-state index contributed by atoms with van der Waals surface area (Å²) in [6.45, 7) is 5.30. The molecule has 2 N–H and O–H groups in total. The molecule has 1 unspecified atom stereocenters. The molecular weight excluding hydrogens is 380 g/mol.